The van der Waals surface area contributed by atoms with E-state index in [1.807, 2.05) is 18.2 Å². The van der Waals surface area contributed by atoms with Crippen molar-refractivity contribution in [2.24, 2.45) is 0 Å². The molecule has 3 aliphatic rings. The highest BCUT2D eigenvalue weighted by Gasteiger charge is 2.35. The lowest BCUT2D eigenvalue weighted by Gasteiger charge is -2.47. The van der Waals surface area contributed by atoms with Gasteiger partial charge in [0.25, 0.3) is 0 Å². The Bertz CT molecular complexity index is 512. The molecule has 1 unspecified atom stereocenters. The summed E-state index contributed by atoms with van der Waals surface area (Å²) in [6.07, 6.45) is 1.28. The van der Waals surface area contributed by atoms with Gasteiger partial charge in [-0.2, -0.15) is 0 Å². The molecule has 4 nitrogen and oxygen atoms in total. The number of fused-ring (bicyclic) bond motifs is 1. The van der Waals surface area contributed by atoms with Crippen molar-refractivity contribution in [3.8, 4) is 5.75 Å². The first-order chi connectivity index (χ1) is 10.3. The summed E-state index contributed by atoms with van der Waals surface area (Å²) in [6.45, 7) is 8.09. The highest BCUT2D eigenvalue weighted by Crippen LogP contribution is 2.32. The third kappa shape index (κ3) is 2.90. The molecule has 2 fully saturated rings. The van der Waals surface area contributed by atoms with Gasteiger partial charge < -0.3 is 10.1 Å². The maximum Gasteiger partial charge on any atom is 0.123 e. The molecule has 1 atom stereocenters. The van der Waals surface area contributed by atoms with Crippen molar-refractivity contribution in [1.29, 1.82) is 0 Å². The Kier molecular flexibility index (Phi) is 3.79. The van der Waals surface area contributed by atoms with Crippen LogP contribution in [0.15, 0.2) is 18.2 Å². The summed E-state index contributed by atoms with van der Waals surface area (Å²) < 4.78 is 6.03. The zero-order valence-electron chi connectivity index (χ0n) is 12.2. The first kappa shape index (κ1) is 13.8. The van der Waals surface area contributed by atoms with Gasteiger partial charge in [0.05, 0.1) is 0 Å². The minimum absolute atomic E-state index is 0.294. The van der Waals surface area contributed by atoms with Crippen molar-refractivity contribution >= 4 is 11.6 Å². The summed E-state index contributed by atoms with van der Waals surface area (Å²) >= 11 is 6.04. The van der Waals surface area contributed by atoms with Gasteiger partial charge in [-0.05, 0) is 23.8 Å². The molecule has 0 spiro atoms. The zero-order chi connectivity index (χ0) is 14.2. The molecule has 0 bridgehead atoms. The second-order valence-corrected chi connectivity index (χ2v) is 6.79. The van der Waals surface area contributed by atoms with E-state index in [4.69, 9.17) is 16.3 Å². The Morgan fingerprint density at radius 2 is 2.05 bits per heavy atom. The van der Waals surface area contributed by atoms with Gasteiger partial charge in [0.2, 0.25) is 0 Å². The topological polar surface area (TPSA) is 27.7 Å². The number of nitrogens with one attached hydrogen (secondary N) is 1. The molecule has 114 valence electrons. The average molecular weight is 308 g/mol. The number of benzene rings is 1. The largest absolute Gasteiger partial charge is 0.488 e. The predicted octanol–water partition coefficient (Wildman–Crippen LogP) is 1.23. The van der Waals surface area contributed by atoms with E-state index < -0.39 is 0 Å². The number of halogens is 1. The van der Waals surface area contributed by atoms with E-state index in [0.29, 0.717) is 6.10 Å². The minimum atomic E-state index is 0.294. The number of piperazine rings is 1. The number of rotatable bonds is 3. The van der Waals surface area contributed by atoms with Crippen LogP contribution in [0.1, 0.15) is 5.56 Å². The van der Waals surface area contributed by atoms with E-state index in [1.165, 1.54) is 31.7 Å². The number of ether oxygens (including phenoxy) is 1. The first-order valence-corrected chi connectivity index (χ1v) is 8.28. The number of likely N-dealkylation sites (tertiary alicyclic amines) is 1. The lowest BCUT2D eigenvalue weighted by molar-refractivity contribution is 0.00803. The van der Waals surface area contributed by atoms with Gasteiger partial charge in [0.1, 0.15) is 11.9 Å². The fourth-order valence-corrected chi connectivity index (χ4v) is 3.84. The highest BCUT2D eigenvalue weighted by atomic mass is 35.5. The summed E-state index contributed by atoms with van der Waals surface area (Å²) in [5.41, 5.74) is 1.26. The van der Waals surface area contributed by atoms with Crippen LogP contribution in [0.25, 0.3) is 0 Å². The number of hydrogen-bond donors (Lipinski definition) is 1. The van der Waals surface area contributed by atoms with Crippen molar-refractivity contribution in [2.45, 2.75) is 18.6 Å². The lowest BCUT2D eigenvalue weighted by Crippen LogP contribution is -2.63. The molecule has 0 amide bonds. The Morgan fingerprint density at radius 3 is 2.86 bits per heavy atom. The molecule has 5 heteroatoms. The maximum absolute atomic E-state index is 6.04. The van der Waals surface area contributed by atoms with Crippen molar-refractivity contribution in [1.82, 2.24) is 15.1 Å². The normalized spacial score (nSPS) is 27.2. The monoisotopic (exact) mass is 307 g/mol. The van der Waals surface area contributed by atoms with Gasteiger partial charge in [-0.15, -0.1) is 0 Å². The van der Waals surface area contributed by atoms with Gasteiger partial charge in [0, 0.05) is 63.3 Å². The van der Waals surface area contributed by atoms with Crippen molar-refractivity contribution in [3.05, 3.63) is 28.8 Å². The van der Waals surface area contributed by atoms with Crippen LogP contribution in [-0.4, -0.2) is 67.8 Å². The molecule has 1 N–H and O–H groups in total. The fraction of sp³-hybridized carbons (Fsp3) is 0.625. The SMILES string of the molecule is Clc1ccc2c(c1)CC(CN1CC(N3CCNCC3)C1)O2. The zero-order valence-corrected chi connectivity index (χ0v) is 13.0. The first-order valence-electron chi connectivity index (χ1n) is 7.90. The maximum atomic E-state index is 6.04. The molecule has 0 aromatic heterocycles. The Balaban J connectivity index is 1.26. The van der Waals surface area contributed by atoms with E-state index in [0.717, 1.165) is 42.9 Å². The van der Waals surface area contributed by atoms with E-state index in [-0.39, 0.29) is 0 Å². The van der Waals surface area contributed by atoms with Crippen LogP contribution in [0.2, 0.25) is 5.02 Å². The third-order valence-corrected chi connectivity index (χ3v) is 5.07. The smallest absolute Gasteiger partial charge is 0.123 e. The summed E-state index contributed by atoms with van der Waals surface area (Å²) in [6, 6.07) is 6.70. The molecule has 21 heavy (non-hydrogen) atoms. The summed E-state index contributed by atoms with van der Waals surface area (Å²) in [7, 11) is 0. The van der Waals surface area contributed by atoms with Crippen LogP contribution in [0, 0.1) is 0 Å². The molecule has 2 saturated heterocycles. The van der Waals surface area contributed by atoms with Crippen LogP contribution in [0.3, 0.4) is 0 Å². The van der Waals surface area contributed by atoms with Crippen molar-refractivity contribution < 1.29 is 4.74 Å². The molecule has 0 radical (unpaired) electrons. The van der Waals surface area contributed by atoms with Gasteiger partial charge in [-0.25, -0.2) is 0 Å². The van der Waals surface area contributed by atoms with Gasteiger partial charge in [-0.1, -0.05) is 11.6 Å². The molecule has 4 rings (SSSR count). The quantitative estimate of drug-likeness (QED) is 0.909. The Morgan fingerprint density at radius 1 is 1.24 bits per heavy atom. The van der Waals surface area contributed by atoms with Crippen molar-refractivity contribution in [2.75, 3.05) is 45.8 Å². The van der Waals surface area contributed by atoms with Crippen molar-refractivity contribution in [3.63, 3.8) is 0 Å². The molecule has 1 aromatic carbocycles. The Hall–Kier alpha value is -0.810. The molecular weight excluding hydrogens is 286 g/mol. The van der Waals surface area contributed by atoms with Crippen LogP contribution in [-0.2, 0) is 6.42 Å². The molecule has 0 saturated carbocycles. The minimum Gasteiger partial charge on any atom is -0.488 e. The third-order valence-electron chi connectivity index (χ3n) is 4.83. The summed E-state index contributed by atoms with van der Waals surface area (Å²) in [4.78, 5) is 5.14. The summed E-state index contributed by atoms with van der Waals surface area (Å²) in [5, 5.41) is 4.22. The number of hydrogen-bond acceptors (Lipinski definition) is 4. The predicted molar refractivity (Wildman–Crippen MR) is 84.2 cm³/mol. The molecule has 0 aliphatic carbocycles. The summed E-state index contributed by atoms with van der Waals surface area (Å²) in [5.74, 6) is 1.02. The van der Waals surface area contributed by atoms with Crippen LogP contribution in [0.5, 0.6) is 5.75 Å². The van der Waals surface area contributed by atoms with Gasteiger partial charge >= 0.3 is 0 Å². The van der Waals surface area contributed by atoms with Gasteiger partial charge in [0.15, 0.2) is 0 Å². The van der Waals surface area contributed by atoms with E-state index in [2.05, 4.69) is 15.1 Å². The molecule has 3 aliphatic heterocycles. The van der Waals surface area contributed by atoms with E-state index in [1.54, 1.807) is 0 Å². The van der Waals surface area contributed by atoms with Gasteiger partial charge in [-0.3, -0.25) is 9.80 Å². The second kappa shape index (κ2) is 5.76. The molecular formula is C16H22ClN3O. The fourth-order valence-electron chi connectivity index (χ4n) is 3.65. The average Bonchev–Trinajstić information content (AvgIpc) is 2.85. The second-order valence-electron chi connectivity index (χ2n) is 6.35. The van der Waals surface area contributed by atoms with Crippen LogP contribution in [0.4, 0.5) is 0 Å². The van der Waals surface area contributed by atoms with E-state index in [9.17, 15) is 0 Å². The van der Waals surface area contributed by atoms with Crippen LogP contribution < -0.4 is 10.1 Å². The molecule has 3 heterocycles. The van der Waals surface area contributed by atoms with E-state index >= 15 is 0 Å². The standard InChI is InChI=1S/C16H22ClN3O/c17-13-1-2-16-12(7-13)8-15(21-16)11-19-9-14(10-19)20-5-3-18-4-6-20/h1-2,7,14-15,18H,3-6,8-11H2. The highest BCUT2D eigenvalue weighted by molar-refractivity contribution is 6.30. The number of nitrogens with zero attached hydrogens (tertiary/aromatic N) is 2. The molecule has 1 aromatic rings. The lowest BCUT2D eigenvalue weighted by atomic mass is 10.0. The Labute approximate surface area is 131 Å². The van der Waals surface area contributed by atoms with Crippen LogP contribution >= 0.6 is 11.6 Å².